The number of para-hydroxylation sites is 2. The Balaban J connectivity index is 1.23. The zero-order valence-electron chi connectivity index (χ0n) is 20.9. The summed E-state index contributed by atoms with van der Waals surface area (Å²) in [4.78, 5) is 24.4. The summed E-state index contributed by atoms with van der Waals surface area (Å²) in [6, 6.07) is 19.1. The summed E-state index contributed by atoms with van der Waals surface area (Å²) < 4.78 is 4.46. The van der Waals surface area contributed by atoms with Crippen molar-refractivity contribution in [3.8, 4) is 10.6 Å². The summed E-state index contributed by atoms with van der Waals surface area (Å²) in [6.07, 6.45) is 0.366. The van der Waals surface area contributed by atoms with Crippen molar-refractivity contribution in [2.75, 3.05) is 10.6 Å². The van der Waals surface area contributed by atoms with E-state index in [1.54, 1.807) is 0 Å². The summed E-state index contributed by atoms with van der Waals surface area (Å²) in [5.74, 6) is 0.484. The predicted octanol–water partition coefficient (Wildman–Crippen LogP) is 5.73. The maximum absolute atomic E-state index is 12.0. The van der Waals surface area contributed by atoms with Crippen LogP contribution in [0.4, 0.5) is 11.6 Å². The van der Waals surface area contributed by atoms with E-state index in [0.29, 0.717) is 24.7 Å². The lowest BCUT2D eigenvalue weighted by Crippen LogP contribution is -2.32. The van der Waals surface area contributed by atoms with E-state index in [9.17, 15) is 9.90 Å². The molecule has 9 heteroatoms. The lowest BCUT2D eigenvalue weighted by Gasteiger charge is -2.20. The topological polar surface area (TPSA) is 116 Å². The Morgan fingerprint density at radius 1 is 1.03 bits per heavy atom. The Bertz CT molecular complexity index is 1500. The van der Waals surface area contributed by atoms with Crippen molar-refractivity contribution in [3.63, 3.8) is 0 Å². The first-order chi connectivity index (χ1) is 17.9. The molecule has 4 N–H and O–H groups in total. The van der Waals surface area contributed by atoms with E-state index >= 15 is 0 Å². The largest absolute Gasteiger partial charge is 0.480 e. The van der Waals surface area contributed by atoms with Gasteiger partial charge in [-0.15, -0.1) is 0 Å². The second-order valence-electron chi connectivity index (χ2n) is 9.18. The molecule has 0 radical (unpaired) electrons. The van der Waals surface area contributed by atoms with Crippen molar-refractivity contribution in [3.05, 3.63) is 88.7 Å². The van der Waals surface area contributed by atoms with Crippen molar-refractivity contribution >= 4 is 40.2 Å². The molecule has 0 saturated heterocycles. The highest BCUT2D eigenvalue weighted by molar-refractivity contribution is 7.09. The van der Waals surface area contributed by atoms with E-state index in [4.69, 9.17) is 0 Å². The molecule has 0 bridgehead atoms. The van der Waals surface area contributed by atoms with Crippen LogP contribution in [0.2, 0.25) is 0 Å². The van der Waals surface area contributed by atoms with Gasteiger partial charge in [0, 0.05) is 17.7 Å². The molecule has 2 heterocycles. The molecule has 0 aliphatic carbocycles. The molecule has 1 unspecified atom stereocenters. The molecule has 3 aromatic carbocycles. The number of nitrogens with zero attached hydrogens (tertiary/aromatic N) is 3. The van der Waals surface area contributed by atoms with Gasteiger partial charge >= 0.3 is 5.97 Å². The molecule has 0 aliphatic rings. The second kappa shape index (κ2) is 10.4. The number of fused-ring (bicyclic) bond motifs is 1. The standard InChI is InChI=1S/C28H28N6O2S/c1-16-12-17(2)25(18(3)13-16)30-23(27(35)36)14-19-8-10-20(11-9-19)26-33-24(34-37-26)15-29-28-31-21-6-4-5-7-22(21)32-28/h4-13,23,30H,14-15H2,1-3H3,(H,35,36)(H2,29,31,32). The molecule has 0 fully saturated rings. The number of rotatable bonds is 9. The quantitative estimate of drug-likeness (QED) is 0.199. The third kappa shape index (κ3) is 5.62. The number of hydrogen-bond donors (Lipinski definition) is 4. The molecule has 5 rings (SSSR count). The van der Waals surface area contributed by atoms with Crippen LogP contribution in [0, 0.1) is 20.8 Å². The number of carbonyl (C=O) groups is 1. The summed E-state index contributed by atoms with van der Waals surface area (Å²) in [7, 11) is 0. The van der Waals surface area contributed by atoms with Gasteiger partial charge in [-0.3, -0.25) is 0 Å². The Morgan fingerprint density at radius 2 is 1.76 bits per heavy atom. The van der Waals surface area contributed by atoms with Crippen LogP contribution in [-0.2, 0) is 17.8 Å². The molecule has 0 aliphatic heterocycles. The molecule has 0 spiro atoms. The first-order valence-electron chi connectivity index (χ1n) is 12.0. The minimum atomic E-state index is -0.880. The van der Waals surface area contributed by atoms with Gasteiger partial charge < -0.3 is 20.7 Å². The highest BCUT2D eigenvalue weighted by atomic mass is 32.1. The number of aliphatic carboxylic acids is 1. The second-order valence-corrected chi connectivity index (χ2v) is 9.93. The van der Waals surface area contributed by atoms with Crippen LogP contribution >= 0.6 is 11.5 Å². The fraction of sp³-hybridized carbons (Fsp3) is 0.214. The van der Waals surface area contributed by atoms with Crippen LogP contribution in [0.5, 0.6) is 0 Å². The van der Waals surface area contributed by atoms with E-state index in [1.807, 2.05) is 69.3 Å². The minimum absolute atomic E-state index is 0.366. The number of imidazole rings is 1. The number of aryl methyl sites for hydroxylation is 3. The van der Waals surface area contributed by atoms with E-state index in [0.717, 1.165) is 49.5 Å². The summed E-state index contributed by atoms with van der Waals surface area (Å²) in [5, 5.41) is 17.1. The van der Waals surface area contributed by atoms with Crippen LogP contribution in [-0.4, -0.2) is 36.4 Å². The van der Waals surface area contributed by atoms with Crippen LogP contribution in [0.3, 0.4) is 0 Å². The lowest BCUT2D eigenvalue weighted by molar-refractivity contribution is -0.137. The highest BCUT2D eigenvalue weighted by Crippen LogP contribution is 2.25. The molecular formula is C28H28N6O2S. The summed E-state index contributed by atoms with van der Waals surface area (Å²) in [6.45, 7) is 6.49. The fourth-order valence-corrected chi connectivity index (χ4v) is 5.13. The number of nitrogens with one attached hydrogen (secondary N) is 3. The zero-order valence-corrected chi connectivity index (χ0v) is 21.7. The normalized spacial score (nSPS) is 12.0. The predicted molar refractivity (Wildman–Crippen MR) is 148 cm³/mol. The smallest absolute Gasteiger partial charge is 0.326 e. The Kier molecular flexibility index (Phi) is 6.87. The van der Waals surface area contributed by atoms with Gasteiger partial charge in [0.25, 0.3) is 0 Å². The van der Waals surface area contributed by atoms with Gasteiger partial charge in [0.15, 0.2) is 5.82 Å². The van der Waals surface area contributed by atoms with Gasteiger partial charge in [-0.05, 0) is 61.1 Å². The monoisotopic (exact) mass is 512 g/mol. The van der Waals surface area contributed by atoms with Crippen LogP contribution in [0.15, 0.2) is 60.7 Å². The molecule has 0 amide bonds. The maximum Gasteiger partial charge on any atom is 0.326 e. The molecule has 5 aromatic rings. The van der Waals surface area contributed by atoms with E-state index in [1.165, 1.54) is 11.5 Å². The third-order valence-electron chi connectivity index (χ3n) is 6.21. The number of carboxylic acid groups (broad SMARTS) is 1. The Labute approximate surface area is 219 Å². The van der Waals surface area contributed by atoms with E-state index in [2.05, 4.69) is 42.1 Å². The van der Waals surface area contributed by atoms with Gasteiger partial charge in [-0.25, -0.2) is 14.8 Å². The molecule has 0 saturated carbocycles. The maximum atomic E-state index is 12.0. The molecule has 8 nitrogen and oxygen atoms in total. The molecule has 1 atom stereocenters. The van der Waals surface area contributed by atoms with Crippen LogP contribution in [0.25, 0.3) is 21.6 Å². The van der Waals surface area contributed by atoms with Crippen molar-refractivity contribution < 1.29 is 9.90 Å². The van der Waals surface area contributed by atoms with Gasteiger partial charge in [0.05, 0.1) is 17.6 Å². The number of aromatic nitrogens is 4. The number of benzene rings is 3. The number of H-pyrrole nitrogens is 1. The van der Waals surface area contributed by atoms with E-state index < -0.39 is 12.0 Å². The number of anilines is 2. The molecular weight excluding hydrogens is 484 g/mol. The molecule has 188 valence electrons. The van der Waals surface area contributed by atoms with Crippen molar-refractivity contribution in [2.24, 2.45) is 0 Å². The van der Waals surface area contributed by atoms with Crippen LogP contribution < -0.4 is 10.6 Å². The average Bonchev–Trinajstić information content (AvgIpc) is 3.51. The van der Waals surface area contributed by atoms with E-state index in [-0.39, 0.29) is 0 Å². The summed E-state index contributed by atoms with van der Waals surface area (Å²) >= 11 is 1.34. The van der Waals surface area contributed by atoms with Crippen molar-refractivity contribution in [1.82, 2.24) is 19.3 Å². The fourth-order valence-electron chi connectivity index (χ4n) is 4.44. The van der Waals surface area contributed by atoms with Gasteiger partial charge in [0.2, 0.25) is 5.95 Å². The van der Waals surface area contributed by atoms with Gasteiger partial charge in [-0.2, -0.15) is 4.37 Å². The Hall–Kier alpha value is -4.24. The Morgan fingerprint density at radius 3 is 2.46 bits per heavy atom. The zero-order chi connectivity index (χ0) is 25.9. The summed E-state index contributed by atoms with van der Waals surface area (Å²) in [5.41, 5.74) is 7.88. The highest BCUT2D eigenvalue weighted by Gasteiger charge is 2.20. The SMILES string of the molecule is Cc1cc(C)c(NC(Cc2ccc(-c3nc(CNc4nc5ccccc5[nH]4)ns3)cc2)C(=O)O)c(C)c1. The number of aromatic amines is 1. The van der Waals surface area contributed by atoms with Crippen molar-refractivity contribution in [2.45, 2.75) is 39.8 Å². The average molecular weight is 513 g/mol. The van der Waals surface area contributed by atoms with Crippen molar-refractivity contribution in [1.29, 1.82) is 0 Å². The number of carboxylic acids is 1. The molecule has 37 heavy (non-hydrogen) atoms. The third-order valence-corrected chi connectivity index (χ3v) is 7.01. The first-order valence-corrected chi connectivity index (χ1v) is 12.8. The minimum Gasteiger partial charge on any atom is -0.480 e. The molecule has 2 aromatic heterocycles. The van der Waals surface area contributed by atoms with Gasteiger partial charge in [-0.1, -0.05) is 54.1 Å². The van der Waals surface area contributed by atoms with Crippen LogP contribution in [0.1, 0.15) is 28.1 Å². The number of hydrogen-bond acceptors (Lipinski definition) is 7. The van der Waals surface area contributed by atoms with Gasteiger partial charge in [0.1, 0.15) is 11.0 Å². The lowest BCUT2D eigenvalue weighted by atomic mass is 10.0. The first kappa shape index (κ1) is 24.5.